The molecule has 0 unspecified atom stereocenters. The number of carbonyl (C=O) groups is 1. The van der Waals surface area contributed by atoms with Gasteiger partial charge < -0.3 is 9.63 Å². The average Bonchev–Trinajstić information content (AvgIpc) is 2.87. The van der Waals surface area contributed by atoms with E-state index < -0.39 is 5.97 Å². The molecular weight excluding hydrogens is 268 g/mol. The zero-order valence-corrected chi connectivity index (χ0v) is 12.0. The molecule has 1 aromatic heterocycles. The van der Waals surface area contributed by atoms with Crippen LogP contribution in [-0.4, -0.2) is 34.2 Å². The Morgan fingerprint density at radius 1 is 1.43 bits per heavy atom. The molecule has 0 atom stereocenters. The summed E-state index contributed by atoms with van der Waals surface area (Å²) in [5.74, 6) is -0.246. The van der Waals surface area contributed by atoms with Gasteiger partial charge in [-0.3, -0.25) is 9.69 Å². The molecule has 0 radical (unpaired) electrons. The lowest BCUT2D eigenvalue weighted by Gasteiger charge is -2.15. The first-order valence-electron chi connectivity index (χ1n) is 6.66. The summed E-state index contributed by atoms with van der Waals surface area (Å²) in [6, 6.07) is 9.82. The van der Waals surface area contributed by atoms with Gasteiger partial charge in [-0.2, -0.15) is 0 Å². The van der Waals surface area contributed by atoms with E-state index in [9.17, 15) is 4.79 Å². The van der Waals surface area contributed by atoms with Crippen molar-refractivity contribution in [1.29, 1.82) is 0 Å². The summed E-state index contributed by atoms with van der Waals surface area (Å²) < 4.78 is 5.29. The van der Waals surface area contributed by atoms with Crippen molar-refractivity contribution in [3.8, 4) is 11.3 Å². The van der Waals surface area contributed by atoms with E-state index >= 15 is 0 Å². The first kappa shape index (κ1) is 15.0. The highest BCUT2D eigenvalue weighted by Gasteiger charge is 2.13. The highest BCUT2D eigenvalue weighted by Crippen LogP contribution is 2.20. The minimum absolute atomic E-state index is 0.0629. The van der Waals surface area contributed by atoms with Gasteiger partial charge in [0.25, 0.3) is 0 Å². The Balaban J connectivity index is 2.09. The lowest BCUT2D eigenvalue weighted by Crippen LogP contribution is -2.29. The molecule has 0 fully saturated rings. The van der Waals surface area contributed by atoms with E-state index in [1.54, 1.807) is 11.0 Å². The lowest BCUT2D eigenvalue weighted by molar-refractivity contribution is -0.138. The number of aromatic nitrogens is 1. The van der Waals surface area contributed by atoms with Gasteiger partial charge in [0.1, 0.15) is 5.69 Å². The Hall–Kier alpha value is -2.40. The molecule has 5 heteroatoms. The van der Waals surface area contributed by atoms with Gasteiger partial charge in [0, 0.05) is 18.2 Å². The SMILES string of the molecule is C=CCN(CC(=O)O)Cc1cc(-c2ccc(C)cc2)no1. The summed E-state index contributed by atoms with van der Waals surface area (Å²) in [6.07, 6.45) is 1.67. The van der Waals surface area contributed by atoms with Crippen LogP contribution in [0.5, 0.6) is 0 Å². The van der Waals surface area contributed by atoms with Crippen molar-refractivity contribution in [2.24, 2.45) is 0 Å². The summed E-state index contributed by atoms with van der Waals surface area (Å²) in [5.41, 5.74) is 2.91. The molecule has 2 rings (SSSR count). The van der Waals surface area contributed by atoms with Crippen LogP contribution in [0.1, 0.15) is 11.3 Å². The number of rotatable bonds is 7. The molecule has 0 saturated carbocycles. The minimum atomic E-state index is -0.880. The Morgan fingerprint density at radius 2 is 2.14 bits per heavy atom. The third kappa shape index (κ3) is 4.29. The van der Waals surface area contributed by atoms with Crippen LogP contribution in [0.25, 0.3) is 11.3 Å². The number of nitrogens with zero attached hydrogens (tertiary/aromatic N) is 2. The van der Waals surface area contributed by atoms with Gasteiger partial charge in [-0.1, -0.05) is 41.1 Å². The van der Waals surface area contributed by atoms with Crippen molar-refractivity contribution < 1.29 is 14.4 Å². The monoisotopic (exact) mass is 286 g/mol. The topological polar surface area (TPSA) is 66.6 Å². The Bertz CT molecular complexity index is 617. The molecule has 1 aromatic carbocycles. The third-order valence-electron chi connectivity index (χ3n) is 3.03. The molecule has 1 heterocycles. The largest absolute Gasteiger partial charge is 0.480 e. The Morgan fingerprint density at radius 3 is 2.76 bits per heavy atom. The first-order chi connectivity index (χ1) is 10.1. The van der Waals surface area contributed by atoms with Crippen LogP contribution in [0.2, 0.25) is 0 Å². The second-order valence-corrected chi connectivity index (χ2v) is 4.90. The molecule has 0 saturated heterocycles. The van der Waals surface area contributed by atoms with Crippen LogP contribution in [0.4, 0.5) is 0 Å². The standard InChI is InChI=1S/C16H18N2O3/c1-3-8-18(11-16(19)20)10-14-9-15(17-21-14)13-6-4-12(2)5-7-13/h3-7,9H,1,8,10-11H2,2H3,(H,19,20). The predicted octanol–water partition coefficient (Wildman–Crippen LogP) is 2.72. The fourth-order valence-corrected chi connectivity index (χ4v) is 2.03. The molecule has 110 valence electrons. The Labute approximate surface area is 123 Å². The second kappa shape index (κ2) is 6.85. The van der Waals surface area contributed by atoms with Crippen molar-refractivity contribution in [2.45, 2.75) is 13.5 Å². The van der Waals surface area contributed by atoms with Crippen LogP contribution in [-0.2, 0) is 11.3 Å². The molecule has 1 N–H and O–H groups in total. The Kier molecular flexibility index (Phi) is 4.90. The number of aliphatic carboxylic acids is 1. The number of carboxylic acids is 1. The number of carboxylic acid groups (broad SMARTS) is 1. The smallest absolute Gasteiger partial charge is 0.317 e. The van der Waals surface area contributed by atoms with Crippen LogP contribution in [0, 0.1) is 6.92 Å². The number of hydrogen-bond donors (Lipinski definition) is 1. The van der Waals surface area contributed by atoms with Crippen molar-refractivity contribution in [1.82, 2.24) is 10.1 Å². The zero-order valence-electron chi connectivity index (χ0n) is 12.0. The van der Waals surface area contributed by atoms with E-state index in [1.807, 2.05) is 37.3 Å². The molecule has 0 aliphatic carbocycles. The van der Waals surface area contributed by atoms with E-state index in [-0.39, 0.29) is 6.54 Å². The molecule has 2 aromatic rings. The van der Waals surface area contributed by atoms with Crippen LogP contribution in [0.15, 0.2) is 47.5 Å². The number of aryl methyl sites for hydroxylation is 1. The molecule has 0 amide bonds. The van der Waals surface area contributed by atoms with E-state index in [0.717, 1.165) is 11.3 Å². The number of hydrogen-bond acceptors (Lipinski definition) is 4. The van der Waals surface area contributed by atoms with Gasteiger partial charge in [-0.15, -0.1) is 6.58 Å². The van der Waals surface area contributed by atoms with Crippen molar-refractivity contribution in [3.05, 3.63) is 54.3 Å². The third-order valence-corrected chi connectivity index (χ3v) is 3.03. The molecule has 0 aliphatic rings. The van der Waals surface area contributed by atoms with Gasteiger partial charge >= 0.3 is 5.97 Å². The van der Waals surface area contributed by atoms with Gasteiger partial charge in [0.15, 0.2) is 5.76 Å². The van der Waals surface area contributed by atoms with Crippen LogP contribution >= 0.6 is 0 Å². The van der Waals surface area contributed by atoms with Crippen LogP contribution < -0.4 is 0 Å². The fraction of sp³-hybridized carbons (Fsp3) is 0.250. The summed E-state index contributed by atoms with van der Waals surface area (Å²) in [6.45, 7) is 6.46. The predicted molar refractivity (Wildman–Crippen MR) is 79.8 cm³/mol. The summed E-state index contributed by atoms with van der Waals surface area (Å²) in [5, 5.41) is 12.9. The highest BCUT2D eigenvalue weighted by molar-refractivity contribution is 5.69. The minimum Gasteiger partial charge on any atom is -0.480 e. The molecule has 5 nitrogen and oxygen atoms in total. The van der Waals surface area contributed by atoms with Gasteiger partial charge in [0.05, 0.1) is 13.1 Å². The van der Waals surface area contributed by atoms with E-state index in [0.29, 0.717) is 18.8 Å². The number of benzene rings is 1. The normalized spacial score (nSPS) is 10.8. The fourth-order valence-electron chi connectivity index (χ4n) is 2.03. The summed E-state index contributed by atoms with van der Waals surface area (Å²) in [4.78, 5) is 12.5. The zero-order chi connectivity index (χ0) is 15.2. The maximum atomic E-state index is 10.8. The quantitative estimate of drug-likeness (QED) is 0.793. The lowest BCUT2D eigenvalue weighted by atomic mass is 10.1. The van der Waals surface area contributed by atoms with Crippen molar-refractivity contribution in [2.75, 3.05) is 13.1 Å². The summed E-state index contributed by atoms with van der Waals surface area (Å²) in [7, 11) is 0. The molecule has 21 heavy (non-hydrogen) atoms. The summed E-state index contributed by atoms with van der Waals surface area (Å²) >= 11 is 0. The van der Waals surface area contributed by atoms with Gasteiger partial charge in [0.2, 0.25) is 0 Å². The van der Waals surface area contributed by atoms with Gasteiger partial charge in [-0.05, 0) is 6.92 Å². The molecular formula is C16H18N2O3. The maximum Gasteiger partial charge on any atom is 0.317 e. The molecule has 0 aliphatic heterocycles. The van der Waals surface area contributed by atoms with Crippen molar-refractivity contribution >= 4 is 5.97 Å². The highest BCUT2D eigenvalue weighted by atomic mass is 16.5. The average molecular weight is 286 g/mol. The van der Waals surface area contributed by atoms with E-state index in [1.165, 1.54) is 5.56 Å². The van der Waals surface area contributed by atoms with E-state index in [4.69, 9.17) is 9.63 Å². The van der Waals surface area contributed by atoms with Crippen molar-refractivity contribution in [3.63, 3.8) is 0 Å². The van der Waals surface area contributed by atoms with Gasteiger partial charge in [-0.25, -0.2) is 0 Å². The second-order valence-electron chi connectivity index (χ2n) is 4.90. The first-order valence-corrected chi connectivity index (χ1v) is 6.66. The molecule has 0 bridgehead atoms. The van der Waals surface area contributed by atoms with Crippen LogP contribution in [0.3, 0.4) is 0 Å². The maximum absolute atomic E-state index is 10.8. The van der Waals surface area contributed by atoms with E-state index in [2.05, 4.69) is 11.7 Å². The molecule has 0 spiro atoms.